The number of nitrogens with zero attached hydrogens (tertiary/aromatic N) is 1. The summed E-state index contributed by atoms with van der Waals surface area (Å²) in [5, 5.41) is 1.37. The first kappa shape index (κ1) is 16.4. The van der Waals surface area contributed by atoms with Gasteiger partial charge in [0.25, 0.3) is 0 Å². The van der Waals surface area contributed by atoms with Gasteiger partial charge in [0.1, 0.15) is 0 Å². The maximum absolute atomic E-state index is 12.1. The zero-order chi connectivity index (χ0) is 15.3. The Balaban J connectivity index is 2.73. The second-order valence-corrected chi connectivity index (χ2v) is 11.1. The summed E-state index contributed by atoms with van der Waals surface area (Å²) in [5.74, 6) is -0.540. The minimum atomic E-state index is -1.30. The van der Waals surface area contributed by atoms with Gasteiger partial charge in [-0.25, -0.2) is 0 Å². The van der Waals surface area contributed by atoms with Crippen LogP contribution >= 0.6 is 0 Å². The van der Waals surface area contributed by atoms with Gasteiger partial charge in [-0.2, -0.15) is 0 Å². The first-order chi connectivity index (χ1) is 9.24. The third kappa shape index (κ3) is 4.81. The Morgan fingerprint density at radius 2 is 1.70 bits per heavy atom. The van der Waals surface area contributed by atoms with E-state index in [4.69, 9.17) is 5.73 Å². The van der Waals surface area contributed by atoms with Gasteiger partial charge in [-0.1, -0.05) is 49.1 Å². The van der Waals surface area contributed by atoms with E-state index in [1.807, 2.05) is 19.1 Å². The maximum Gasteiger partial charge on any atom is 0.237 e. The van der Waals surface area contributed by atoms with Gasteiger partial charge in [-0.05, 0) is 12.5 Å². The van der Waals surface area contributed by atoms with E-state index in [0.29, 0.717) is 13.0 Å². The van der Waals surface area contributed by atoms with Crippen LogP contribution in [0, 0.1) is 0 Å². The molecule has 0 aliphatic heterocycles. The van der Waals surface area contributed by atoms with E-state index in [1.54, 1.807) is 0 Å². The molecule has 4 nitrogen and oxygen atoms in total. The molecule has 20 heavy (non-hydrogen) atoms. The Hall–Kier alpha value is -1.62. The molecule has 0 aliphatic rings. The number of nitrogens with two attached hydrogens (primary N) is 1. The number of carbonyl (C=O) groups is 2. The molecule has 0 aromatic heterocycles. The monoisotopic (exact) mass is 292 g/mol. The van der Waals surface area contributed by atoms with Gasteiger partial charge in [0.2, 0.25) is 11.8 Å². The molecule has 0 saturated heterocycles. The van der Waals surface area contributed by atoms with Gasteiger partial charge in [0, 0.05) is 6.54 Å². The summed E-state index contributed by atoms with van der Waals surface area (Å²) in [6, 6.07) is 8.23. The van der Waals surface area contributed by atoms with Crippen molar-refractivity contribution in [1.82, 2.24) is 4.90 Å². The van der Waals surface area contributed by atoms with Crippen LogP contribution in [0.15, 0.2) is 24.3 Å². The Bertz CT molecular complexity index is 478. The van der Waals surface area contributed by atoms with Crippen molar-refractivity contribution in [1.29, 1.82) is 0 Å². The number of hydrogen-bond acceptors (Lipinski definition) is 2. The van der Waals surface area contributed by atoms with E-state index in [1.165, 1.54) is 10.1 Å². The number of likely N-dealkylation sites (N-methyl/N-ethyl adjacent to an activating group) is 1. The molecule has 5 heteroatoms. The molecule has 0 spiro atoms. The van der Waals surface area contributed by atoms with E-state index in [2.05, 4.69) is 31.8 Å². The van der Waals surface area contributed by atoms with Crippen molar-refractivity contribution in [3.63, 3.8) is 0 Å². The molecular weight excluding hydrogens is 268 g/mol. The molecule has 2 amide bonds. The van der Waals surface area contributed by atoms with Crippen molar-refractivity contribution in [3.05, 3.63) is 29.8 Å². The average Bonchev–Trinajstić information content (AvgIpc) is 2.35. The molecule has 0 aliphatic carbocycles. The van der Waals surface area contributed by atoms with Gasteiger partial charge in [-0.15, -0.1) is 0 Å². The molecule has 1 aromatic rings. The van der Waals surface area contributed by atoms with Crippen molar-refractivity contribution < 1.29 is 9.59 Å². The maximum atomic E-state index is 12.1. The lowest BCUT2D eigenvalue weighted by Crippen LogP contribution is -2.39. The van der Waals surface area contributed by atoms with Crippen LogP contribution in [0.3, 0.4) is 0 Å². The fourth-order valence-corrected chi connectivity index (χ4v) is 3.14. The summed E-state index contributed by atoms with van der Waals surface area (Å²) in [6.07, 6.45) is 0.313. The Morgan fingerprint density at radius 1 is 1.15 bits per heavy atom. The molecule has 1 rings (SSSR count). The zero-order valence-corrected chi connectivity index (χ0v) is 13.8. The average molecular weight is 292 g/mol. The topological polar surface area (TPSA) is 63.4 Å². The van der Waals surface area contributed by atoms with Gasteiger partial charge >= 0.3 is 0 Å². The van der Waals surface area contributed by atoms with Gasteiger partial charge in [0.15, 0.2) is 0 Å². The van der Waals surface area contributed by atoms with Crippen LogP contribution in [0.2, 0.25) is 19.6 Å². The highest BCUT2D eigenvalue weighted by Gasteiger charge is 2.17. The number of carbonyl (C=O) groups excluding carboxylic acids is 2. The predicted octanol–water partition coefficient (Wildman–Crippen LogP) is 1.11. The van der Waals surface area contributed by atoms with Crippen LogP contribution in [0.1, 0.15) is 12.5 Å². The van der Waals surface area contributed by atoms with Crippen molar-refractivity contribution in [2.75, 3.05) is 13.1 Å². The summed E-state index contributed by atoms with van der Waals surface area (Å²) in [6.45, 7) is 9.20. The van der Waals surface area contributed by atoms with Crippen LogP contribution in [0.25, 0.3) is 0 Å². The van der Waals surface area contributed by atoms with Crippen LogP contribution in [0.5, 0.6) is 0 Å². The quantitative estimate of drug-likeness (QED) is 0.798. The van der Waals surface area contributed by atoms with Crippen molar-refractivity contribution >= 4 is 25.1 Å². The summed E-state index contributed by atoms with van der Waals surface area (Å²) in [5.41, 5.74) is 6.11. The third-order valence-electron chi connectivity index (χ3n) is 3.26. The van der Waals surface area contributed by atoms with Gasteiger partial charge in [0.05, 0.1) is 21.0 Å². The highest BCUT2D eigenvalue weighted by Crippen LogP contribution is 2.06. The first-order valence-electron chi connectivity index (χ1n) is 6.89. The number of amides is 2. The Morgan fingerprint density at radius 3 is 2.10 bits per heavy atom. The molecule has 0 radical (unpaired) electrons. The van der Waals surface area contributed by atoms with E-state index >= 15 is 0 Å². The minimum Gasteiger partial charge on any atom is -0.368 e. The number of hydrogen-bond donors (Lipinski definition) is 1. The Labute approximate surface area is 122 Å². The molecule has 0 bridgehead atoms. The zero-order valence-electron chi connectivity index (χ0n) is 12.8. The predicted molar refractivity (Wildman–Crippen MR) is 84.6 cm³/mol. The number of rotatable bonds is 6. The van der Waals surface area contributed by atoms with Gasteiger partial charge < -0.3 is 10.6 Å². The molecule has 0 unspecified atom stereocenters. The molecule has 2 N–H and O–H groups in total. The van der Waals surface area contributed by atoms with Crippen LogP contribution < -0.4 is 10.9 Å². The lowest BCUT2D eigenvalue weighted by molar-refractivity contribution is -0.134. The van der Waals surface area contributed by atoms with Crippen LogP contribution in [0.4, 0.5) is 0 Å². The van der Waals surface area contributed by atoms with E-state index in [0.717, 1.165) is 5.56 Å². The largest absolute Gasteiger partial charge is 0.368 e. The second-order valence-electron chi connectivity index (χ2n) is 6.00. The molecule has 0 saturated carbocycles. The highest BCUT2D eigenvalue weighted by molar-refractivity contribution is 6.88. The minimum absolute atomic E-state index is 0.0116. The highest BCUT2D eigenvalue weighted by atomic mass is 28.3. The number of benzene rings is 1. The fraction of sp³-hybridized carbons (Fsp3) is 0.467. The number of primary amides is 1. The summed E-state index contributed by atoms with van der Waals surface area (Å²) in [7, 11) is -1.30. The normalized spacial score (nSPS) is 11.2. The lowest BCUT2D eigenvalue weighted by Gasteiger charge is -2.20. The summed E-state index contributed by atoms with van der Waals surface area (Å²) in [4.78, 5) is 24.5. The fourth-order valence-electron chi connectivity index (χ4n) is 1.97. The SMILES string of the molecule is CCN(CC(N)=O)C(=O)Cc1ccc([Si](C)(C)C)cc1. The van der Waals surface area contributed by atoms with Crippen molar-refractivity contribution in [3.8, 4) is 0 Å². The summed E-state index contributed by atoms with van der Waals surface area (Å²) < 4.78 is 0. The van der Waals surface area contributed by atoms with Crippen molar-refractivity contribution in [2.24, 2.45) is 5.73 Å². The standard InChI is InChI=1S/C15H24N2O2Si/c1-5-17(11-14(16)18)15(19)10-12-6-8-13(9-7-12)20(2,3)4/h6-9H,5,10-11H2,1-4H3,(H2,16,18). The van der Waals surface area contributed by atoms with Gasteiger partial charge in [-0.3, -0.25) is 9.59 Å². The van der Waals surface area contributed by atoms with Crippen molar-refractivity contribution in [2.45, 2.75) is 33.0 Å². The smallest absolute Gasteiger partial charge is 0.237 e. The third-order valence-corrected chi connectivity index (χ3v) is 5.32. The lowest BCUT2D eigenvalue weighted by atomic mass is 10.1. The molecule has 0 atom stereocenters. The van der Waals surface area contributed by atoms with E-state index in [9.17, 15) is 9.59 Å². The molecule has 0 fully saturated rings. The molecule has 1 aromatic carbocycles. The van der Waals surface area contributed by atoms with Crippen LogP contribution in [-0.2, 0) is 16.0 Å². The molecule has 110 valence electrons. The first-order valence-corrected chi connectivity index (χ1v) is 10.4. The Kier molecular flexibility index (Phi) is 5.50. The van der Waals surface area contributed by atoms with E-state index < -0.39 is 14.0 Å². The molecule has 0 heterocycles. The molecular formula is C15H24N2O2Si. The van der Waals surface area contributed by atoms with E-state index in [-0.39, 0.29) is 12.5 Å². The van der Waals surface area contributed by atoms with Crippen LogP contribution in [-0.4, -0.2) is 37.9 Å². The summed E-state index contributed by atoms with van der Waals surface area (Å²) >= 11 is 0. The second kappa shape index (κ2) is 6.70.